The summed E-state index contributed by atoms with van der Waals surface area (Å²) in [6.07, 6.45) is 3.10. The molecular formula is C9H7N3O5. The zero-order valence-electron chi connectivity index (χ0n) is 8.42. The minimum Gasteiger partial charge on any atom is -0.365 e. The Hall–Kier alpha value is -2.77. The van der Waals surface area contributed by atoms with E-state index in [1.54, 1.807) is 12.3 Å². The van der Waals surface area contributed by atoms with Crippen LogP contribution in [0, 0.1) is 20.2 Å². The highest BCUT2D eigenvalue weighted by Crippen LogP contribution is 2.24. The second kappa shape index (κ2) is 5.95. The molecule has 0 spiro atoms. The van der Waals surface area contributed by atoms with Crippen molar-refractivity contribution in [1.82, 2.24) is 5.16 Å². The van der Waals surface area contributed by atoms with Crippen molar-refractivity contribution < 1.29 is 14.4 Å². The van der Waals surface area contributed by atoms with Gasteiger partial charge in [0.05, 0.1) is 16.0 Å². The molecule has 8 nitrogen and oxygen atoms in total. The summed E-state index contributed by atoms with van der Waals surface area (Å²) in [7, 11) is 0. The van der Waals surface area contributed by atoms with Crippen LogP contribution in [0.15, 0.2) is 47.3 Å². The van der Waals surface area contributed by atoms with E-state index in [4.69, 9.17) is 0 Å². The molecule has 0 aliphatic carbocycles. The molecule has 88 valence electrons. The molecule has 0 saturated heterocycles. The highest BCUT2D eigenvalue weighted by Gasteiger charge is 2.21. The quantitative estimate of drug-likeness (QED) is 0.584. The van der Waals surface area contributed by atoms with Crippen LogP contribution in [0.1, 0.15) is 0 Å². The van der Waals surface area contributed by atoms with Crippen molar-refractivity contribution in [1.29, 1.82) is 0 Å². The third-order valence-electron chi connectivity index (χ3n) is 1.62. The first-order valence-electron chi connectivity index (χ1n) is 4.35. The molecule has 2 aromatic rings. The monoisotopic (exact) mass is 237 g/mol. The van der Waals surface area contributed by atoms with Crippen LogP contribution in [-0.2, 0) is 0 Å². The van der Waals surface area contributed by atoms with Crippen LogP contribution in [0.25, 0.3) is 0 Å². The summed E-state index contributed by atoms with van der Waals surface area (Å²) in [6.45, 7) is 0. The van der Waals surface area contributed by atoms with Crippen molar-refractivity contribution in [2.45, 2.75) is 0 Å². The Morgan fingerprint density at radius 3 is 1.76 bits per heavy atom. The number of aromatic nitrogens is 1. The van der Waals surface area contributed by atoms with Gasteiger partial charge in [-0.2, -0.15) is 0 Å². The molecule has 0 radical (unpaired) electrons. The SMILES string of the molecule is O=[N+]([O-])c1ccccc1[N+](=O)[O-].c1cnoc1. The van der Waals surface area contributed by atoms with Crippen LogP contribution >= 0.6 is 0 Å². The fourth-order valence-corrected chi connectivity index (χ4v) is 0.949. The Kier molecular flexibility index (Phi) is 4.31. The first-order valence-corrected chi connectivity index (χ1v) is 4.35. The summed E-state index contributed by atoms with van der Waals surface area (Å²) < 4.78 is 4.33. The summed E-state index contributed by atoms with van der Waals surface area (Å²) in [5, 5.41) is 23.8. The van der Waals surface area contributed by atoms with Gasteiger partial charge < -0.3 is 4.52 Å². The van der Waals surface area contributed by atoms with Gasteiger partial charge in [0.25, 0.3) is 0 Å². The third kappa shape index (κ3) is 3.70. The minimum absolute atomic E-state index is 0.484. The van der Waals surface area contributed by atoms with Crippen molar-refractivity contribution in [3.63, 3.8) is 0 Å². The molecule has 0 amide bonds. The molecule has 0 atom stereocenters. The van der Waals surface area contributed by atoms with E-state index in [2.05, 4.69) is 9.68 Å². The number of hydrogen-bond donors (Lipinski definition) is 0. The Morgan fingerprint density at radius 1 is 1.00 bits per heavy atom. The normalized spacial score (nSPS) is 8.94. The summed E-state index contributed by atoms with van der Waals surface area (Å²) in [4.78, 5) is 18.9. The topological polar surface area (TPSA) is 112 Å². The summed E-state index contributed by atoms with van der Waals surface area (Å²) in [5.41, 5.74) is -0.968. The Morgan fingerprint density at radius 2 is 1.53 bits per heavy atom. The van der Waals surface area contributed by atoms with Gasteiger partial charge in [0.2, 0.25) is 0 Å². The molecule has 1 heterocycles. The Balaban J connectivity index is 0.000000239. The molecule has 0 aliphatic heterocycles. The molecule has 1 aromatic heterocycles. The molecule has 0 saturated carbocycles. The zero-order chi connectivity index (χ0) is 12.7. The number of benzene rings is 1. The first kappa shape index (κ1) is 12.3. The van der Waals surface area contributed by atoms with Gasteiger partial charge in [0, 0.05) is 12.1 Å². The van der Waals surface area contributed by atoms with Crippen molar-refractivity contribution >= 4 is 11.4 Å². The van der Waals surface area contributed by atoms with Crippen LogP contribution in [0.2, 0.25) is 0 Å². The molecule has 2 rings (SSSR count). The predicted octanol–water partition coefficient (Wildman–Crippen LogP) is 2.18. The molecule has 0 N–H and O–H groups in total. The van der Waals surface area contributed by atoms with E-state index in [0.717, 1.165) is 12.1 Å². The van der Waals surface area contributed by atoms with Crippen LogP contribution in [0.5, 0.6) is 0 Å². The molecule has 0 fully saturated rings. The van der Waals surface area contributed by atoms with Crippen molar-refractivity contribution in [3.8, 4) is 0 Å². The summed E-state index contributed by atoms with van der Waals surface area (Å²) >= 11 is 0. The van der Waals surface area contributed by atoms with Crippen molar-refractivity contribution in [2.24, 2.45) is 0 Å². The zero-order valence-corrected chi connectivity index (χ0v) is 8.42. The van der Waals surface area contributed by atoms with Crippen LogP contribution in [0.4, 0.5) is 11.4 Å². The molecule has 0 unspecified atom stereocenters. The summed E-state index contributed by atoms with van der Waals surface area (Å²) in [5.74, 6) is 0. The van der Waals surface area contributed by atoms with E-state index in [9.17, 15) is 20.2 Å². The van der Waals surface area contributed by atoms with Crippen molar-refractivity contribution in [2.75, 3.05) is 0 Å². The molecule has 0 bridgehead atoms. The highest BCUT2D eigenvalue weighted by molar-refractivity contribution is 5.51. The Bertz CT molecular complexity index is 447. The fourth-order valence-electron chi connectivity index (χ4n) is 0.949. The lowest BCUT2D eigenvalue weighted by molar-refractivity contribution is -0.422. The van der Waals surface area contributed by atoms with Gasteiger partial charge in [-0.3, -0.25) is 20.2 Å². The lowest BCUT2D eigenvalue weighted by Crippen LogP contribution is -1.95. The highest BCUT2D eigenvalue weighted by atomic mass is 16.6. The minimum atomic E-state index is -0.780. The standard InChI is InChI=1S/C6H4N2O4.C3H3NO/c9-7(10)5-3-1-2-4-6(5)8(11)12;1-2-4-5-3-1/h1-4H;1-3H. The number of nitro groups is 2. The number of rotatable bonds is 2. The van der Waals surface area contributed by atoms with Gasteiger partial charge in [-0.05, 0) is 6.07 Å². The largest absolute Gasteiger partial charge is 0.365 e. The lowest BCUT2D eigenvalue weighted by atomic mass is 10.3. The third-order valence-corrected chi connectivity index (χ3v) is 1.62. The molecule has 0 aliphatic rings. The number of nitro benzene ring substituents is 2. The molecular weight excluding hydrogens is 230 g/mol. The number of hydrogen-bond acceptors (Lipinski definition) is 6. The maximum Gasteiger partial charge on any atom is 0.346 e. The van der Waals surface area contributed by atoms with Crippen molar-refractivity contribution in [3.05, 3.63) is 63.0 Å². The maximum atomic E-state index is 10.2. The second-order valence-corrected chi connectivity index (χ2v) is 2.69. The smallest absolute Gasteiger partial charge is 0.346 e. The predicted molar refractivity (Wildman–Crippen MR) is 56.3 cm³/mol. The average molecular weight is 237 g/mol. The molecule has 8 heteroatoms. The fraction of sp³-hybridized carbons (Fsp3) is 0. The first-order chi connectivity index (χ1) is 8.13. The van der Waals surface area contributed by atoms with Gasteiger partial charge in [0.15, 0.2) is 0 Å². The summed E-state index contributed by atoms with van der Waals surface area (Å²) in [6, 6.07) is 6.67. The second-order valence-electron chi connectivity index (χ2n) is 2.69. The lowest BCUT2D eigenvalue weighted by Gasteiger charge is -1.91. The maximum absolute atomic E-state index is 10.2. The number of para-hydroxylation sites is 2. The van der Waals surface area contributed by atoms with Gasteiger partial charge in [0.1, 0.15) is 6.26 Å². The Labute approximate surface area is 94.8 Å². The van der Waals surface area contributed by atoms with Gasteiger partial charge >= 0.3 is 11.4 Å². The van der Waals surface area contributed by atoms with E-state index in [1.807, 2.05) is 0 Å². The van der Waals surface area contributed by atoms with E-state index in [-0.39, 0.29) is 0 Å². The van der Waals surface area contributed by atoms with E-state index < -0.39 is 21.2 Å². The molecule has 17 heavy (non-hydrogen) atoms. The molecule has 1 aromatic carbocycles. The average Bonchev–Trinajstić information content (AvgIpc) is 2.87. The van der Waals surface area contributed by atoms with E-state index >= 15 is 0 Å². The van der Waals surface area contributed by atoms with Gasteiger partial charge in [-0.25, -0.2) is 0 Å². The van der Waals surface area contributed by atoms with E-state index in [1.165, 1.54) is 18.4 Å². The van der Waals surface area contributed by atoms with Gasteiger partial charge in [-0.15, -0.1) is 0 Å². The van der Waals surface area contributed by atoms with Crippen LogP contribution < -0.4 is 0 Å². The van der Waals surface area contributed by atoms with Gasteiger partial charge in [-0.1, -0.05) is 17.3 Å². The van der Waals surface area contributed by atoms with Crippen LogP contribution in [-0.4, -0.2) is 15.0 Å². The number of nitrogens with zero attached hydrogens (tertiary/aromatic N) is 3. The van der Waals surface area contributed by atoms with E-state index in [0.29, 0.717) is 0 Å². The van der Waals surface area contributed by atoms with Crippen LogP contribution in [0.3, 0.4) is 0 Å².